The Hall–Kier alpha value is -1.85. The Morgan fingerprint density at radius 2 is 0.826 bits per heavy atom. The number of allylic oxidation sites excluding steroid dienone is 7. The second-order valence-corrected chi connectivity index (χ2v) is 20.4. The summed E-state index contributed by atoms with van der Waals surface area (Å²) in [7, 11) is 0. The summed E-state index contributed by atoms with van der Waals surface area (Å²) in [4.78, 5) is 13.1. The van der Waals surface area contributed by atoms with Crippen LogP contribution in [0.5, 0.6) is 0 Å². The van der Waals surface area contributed by atoms with Gasteiger partial charge in [-0.2, -0.15) is 0 Å². The number of aliphatic hydroxyl groups is 5. The Morgan fingerprint density at radius 3 is 1.22 bits per heavy atom. The molecule has 1 heterocycles. The number of unbranched alkanes of at least 4 members (excludes halogenated alkanes) is 34. The number of rotatable bonds is 50. The molecule has 69 heavy (non-hydrogen) atoms. The highest BCUT2D eigenvalue weighted by atomic mass is 16.7. The van der Waals surface area contributed by atoms with Crippen LogP contribution in [-0.2, 0) is 14.3 Å². The first-order valence-corrected chi connectivity index (χ1v) is 29.4. The quantitative estimate of drug-likeness (QED) is 0.0261. The predicted octanol–water partition coefficient (Wildman–Crippen LogP) is 14.5. The van der Waals surface area contributed by atoms with Crippen molar-refractivity contribution in [3.8, 4) is 0 Å². The average Bonchev–Trinajstić information content (AvgIpc) is 3.35. The third kappa shape index (κ3) is 39.4. The Kier molecular flexibility index (Phi) is 47.0. The highest BCUT2D eigenvalue weighted by molar-refractivity contribution is 5.76. The summed E-state index contributed by atoms with van der Waals surface area (Å²) in [5.74, 6) is -0.190. The van der Waals surface area contributed by atoms with Crippen LogP contribution in [0.15, 0.2) is 48.6 Å². The summed E-state index contributed by atoms with van der Waals surface area (Å²) >= 11 is 0. The number of nitrogens with one attached hydrogen (secondary N) is 1. The van der Waals surface area contributed by atoms with Crippen molar-refractivity contribution in [2.45, 2.75) is 314 Å². The molecule has 0 saturated carbocycles. The van der Waals surface area contributed by atoms with Gasteiger partial charge in [-0.15, -0.1) is 0 Å². The van der Waals surface area contributed by atoms with Gasteiger partial charge in [0.1, 0.15) is 24.4 Å². The van der Waals surface area contributed by atoms with Gasteiger partial charge in [-0.05, 0) is 70.6 Å². The van der Waals surface area contributed by atoms with Gasteiger partial charge in [-0.1, -0.05) is 242 Å². The number of hydrogen-bond donors (Lipinski definition) is 6. The van der Waals surface area contributed by atoms with Gasteiger partial charge in [0.05, 0.1) is 25.4 Å². The fourth-order valence-electron chi connectivity index (χ4n) is 9.18. The van der Waals surface area contributed by atoms with Gasteiger partial charge >= 0.3 is 0 Å². The number of ether oxygens (including phenoxy) is 2. The largest absolute Gasteiger partial charge is 0.394 e. The third-order valence-electron chi connectivity index (χ3n) is 13.9. The first-order valence-electron chi connectivity index (χ1n) is 29.4. The Bertz CT molecular complexity index is 1220. The lowest BCUT2D eigenvalue weighted by Gasteiger charge is -2.40. The fraction of sp³-hybridized carbons (Fsp3) is 0.850. The molecule has 1 aliphatic heterocycles. The van der Waals surface area contributed by atoms with Gasteiger partial charge < -0.3 is 40.3 Å². The minimum atomic E-state index is -1.58. The zero-order valence-corrected chi connectivity index (χ0v) is 44.8. The molecule has 1 amide bonds. The van der Waals surface area contributed by atoms with Gasteiger partial charge in [0.2, 0.25) is 5.91 Å². The van der Waals surface area contributed by atoms with Crippen molar-refractivity contribution in [2.24, 2.45) is 0 Å². The summed E-state index contributed by atoms with van der Waals surface area (Å²) in [6.45, 7) is 3.78. The molecule has 7 atom stereocenters. The SMILES string of the molecule is CCCCCCCCCCCC/C=C/CC/C=C/CC/C=C/C(O)C(COC1OC(CO)C(O)C(O)C1O)NC(=O)CCCCCCCCCCCC/C=C\CCCCCCCCCCCCCC. The van der Waals surface area contributed by atoms with Crippen LogP contribution >= 0.6 is 0 Å². The van der Waals surface area contributed by atoms with E-state index in [0.717, 1.165) is 44.9 Å². The van der Waals surface area contributed by atoms with Crippen LogP contribution in [0.1, 0.15) is 271 Å². The molecule has 0 aromatic carbocycles. The fourth-order valence-corrected chi connectivity index (χ4v) is 9.18. The third-order valence-corrected chi connectivity index (χ3v) is 13.9. The second kappa shape index (κ2) is 49.7. The number of carbonyl (C=O) groups excluding carboxylic acids is 1. The molecule has 1 fully saturated rings. The predicted molar refractivity (Wildman–Crippen MR) is 290 cm³/mol. The van der Waals surface area contributed by atoms with E-state index in [9.17, 15) is 30.3 Å². The standard InChI is InChI=1S/C60H111NO8/c1-3-5-7-9-11-13-15-17-19-21-23-25-26-27-28-29-30-32-34-36-38-40-42-44-46-48-50-56(64)61-53(52-68-60-59(67)58(66)57(65)55(51-62)69-60)54(63)49-47-45-43-41-39-37-35-33-31-24-22-20-18-16-14-12-10-8-6-4-2/h27-28,31,33,39,41,47,49,53-55,57-60,62-63,65-67H,3-26,29-30,32,34-38,40,42-46,48,50-52H2,1-2H3,(H,61,64)/b28-27-,33-31+,41-39+,49-47+. The normalized spacial score (nSPS) is 19.8. The van der Waals surface area contributed by atoms with E-state index in [2.05, 4.69) is 55.6 Å². The van der Waals surface area contributed by atoms with Crippen molar-refractivity contribution >= 4 is 5.91 Å². The van der Waals surface area contributed by atoms with E-state index in [1.54, 1.807) is 6.08 Å². The van der Waals surface area contributed by atoms with Gasteiger partial charge in [-0.25, -0.2) is 0 Å². The molecule has 1 rings (SSSR count). The zero-order chi connectivity index (χ0) is 50.1. The maximum absolute atomic E-state index is 13.1. The lowest BCUT2D eigenvalue weighted by molar-refractivity contribution is -0.302. The van der Waals surface area contributed by atoms with Gasteiger partial charge in [0, 0.05) is 6.42 Å². The minimum Gasteiger partial charge on any atom is -0.394 e. The maximum atomic E-state index is 13.1. The molecule has 0 aliphatic carbocycles. The minimum absolute atomic E-state index is 0.190. The molecule has 1 aliphatic rings. The van der Waals surface area contributed by atoms with E-state index >= 15 is 0 Å². The summed E-state index contributed by atoms with van der Waals surface area (Å²) in [5.41, 5.74) is 0. The van der Waals surface area contributed by atoms with Crippen molar-refractivity contribution in [1.82, 2.24) is 5.32 Å². The molecular formula is C60H111NO8. The van der Waals surface area contributed by atoms with Crippen LogP contribution in [0.3, 0.4) is 0 Å². The molecule has 404 valence electrons. The summed E-state index contributed by atoms with van der Waals surface area (Å²) in [6, 6.07) is -0.830. The van der Waals surface area contributed by atoms with Crippen LogP contribution in [0, 0.1) is 0 Å². The van der Waals surface area contributed by atoms with Crippen LogP contribution in [0.25, 0.3) is 0 Å². The molecule has 1 saturated heterocycles. The molecule has 9 nitrogen and oxygen atoms in total. The highest BCUT2D eigenvalue weighted by Gasteiger charge is 2.44. The van der Waals surface area contributed by atoms with E-state index in [-0.39, 0.29) is 12.5 Å². The van der Waals surface area contributed by atoms with E-state index < -0.39 is 49.5 Å². The van der Waals surface area contributed by atoms with Gasteiger partial charge in [-0.3, -0.25) is 4.79 Å². The van der Waals surface area contributed by atoms with Gasteiger partial charge in [0.25, 0.3) is 0 Å². The maximum Gasteiger partial charge on any atom is 0.220 e. The van der Waals surface area contributed by atoms with E-state index in [4.69, 9.17) is 9.47 Å². The highest BCUT2D eigenvalue weighted by Crippen LogP contribution is 2.23. The average molecular weight is 975 g/mol. The molecule has 9 heteroatoms. The first-order chi connectivity index (χ1) is 33.8. The molecule has 0 radical (unpaired) electrons. The van der Waals surface area contributed by atoms with Crippen LogP contribution in [0.2, 0.25) is 0 Å². The molecule has 7 unspecified atom stereocenters. The monoisotopic (exact) mass is 974 g/mol. The zero-order valence-electron chi connectivity index (χ0n) is 44.8. The lowest BCUT2D eigenvalue weighted by atomic mass is 9.99. The number of hydrogen-bond acceptors (Lipinski definition) is 8. The molecule has 0 aromatic rings. The molecule has 0 spiro atoms. The van der Waals surface area contributed by atoms with Crippen molar-refractivity contribution in [3.63, 3.8) is 0 Å². The summed E-state index contributed by atoms with van der Waals surface area (Å²) in [5, 5.41) is 54.5. The topological polar surface area (TPSA) is 149 Å². The van der Waals surface area contributed by atoms with Crippen LogP contribution < -0.4 is 5.32 Å². The van der Waals surface area contributed by atoms with E-state index in [0.29, 0.717) is 6.42 Å². The second-order valence-electron chi connectivity index (χ2n) is 20.4. The van der Waals surface area contributed by atoms with Gasteiger partial charge in [0.15, 0.2) is 6.29 Å². The van der Waals surface area contributed by atoms with Crippen molar-refractivity contribution in [1.29, 1.82) is 0 Å². The Balaban J connectivity index is 2.24. The molecule has 0 bridgehead atoms. The smallest absolute Gasteiger partial charge is 0.220 e. The lowest BCUT2D eigenvalue weighted by Crippen LogP contribution is -2.60. The van der Waals surface area contributed by atoms with E-state index in [1.807, 2.05) is 6.08 Å². The van der Waals surface area contributed by atoms with E-state index in [1.165, 1.54) is 205 Å². The van der Waals surface area contributed by atoms with Crippen molar-refractivity contribution < 1.29 is 39.8 Å². The Labute approximate surface area is 424 Å². The number of carbonyl (C=O) groups is 1. The van der Waals surface area contributed by atoms with Crippen LogP contribution in [-0.4, -0.2) is 87.5 Å². The molecule has 6 N–H and O–H groups in total. The van der Waals surface area contributed by atoms with Crippen molar-refractivity contribution in [2.75, 3.05) is 13.2 Å². The van der Waals surface area contributed by atoms with Crippen molar-refractivity contribution in [3.05, 3.63) is 48.6 Å². The Morgan fingerprint density at radius 1 is 0.478 bits per heavy atom. The molecule has 0 aromatic heterocycles. The molecular weight excluding hydrogens is 863 g/mol. The first kappa shape index (κ1) is 65.2. The number of amides is 1. The summed E-state index contributed by atoms with van der Waals surface area (Å²) < 4.78 is 11.3. The van der Waals surface area contributed by atoms with Crippen LogP contribution in [0.4, 0.5) is 0 Å². The number of aliphatic hydroxyl groups excluding tert-OH is 5. The summed E-state index contributed by atoms with van der Waals surface area (Å²) in [6.07, 6.45) is 59.0.